The highest BCUT2D eigenvalue weighted by Crippen LogP contribution is 2.27. The van der Waals surface area contributed by atoms with E-state index in [0.29, 0.717) is 18.9 Å². The van der Waals surface area contributed by atoms with Gasteiger partial charge in [0.05, 0.1) is 22.8 Å². The van der Waals surface area contributed by atoms with Gasteiger partial charge in [0.15, 0.2) is 0 Å². The molecule has 2 aromatic rings. The maximum atomic E-state index is 13.5. The van der Waals surface area contributed by atoms with E-state index in [2.05, 4.69) is 5.43 Å². The minimum absolute atomic E-state index is 0.0666. The van der Waals surface area contributed by atoms with E-state index in [1.54, 1.807) is 24.5 Å². The largest absolute Gasteiger partial charge is 0.320 e. The zero-order valence-corrected chi connectivity index (χ0v) is 28.1. The summed E-state index contributed by atoms with van der Waals surface area (Å²) >= 11 is 0. The maximum Gasteiger partial charge on any atom is 0.294 e. The Hall–Kier alpha value is -3.58. The minimum atomic E-state index is -4.02. The molecule has 46 heavy (non-hydrogen) atoms. The number of carbonyl (C=O) groups excluding carboxylic acids is 3. The molecule has 3 amide bonds. The van der Waals surface area contributed by atoms with Gasteiger partial charge in [0.1, 0.15) is 0 Å². The second-order valence-electron chi connectivity index (χ2n) is 12.4. The van der Waals surface area contributed by atoms with Crippen LogP contribution in [0.2, 0.25) is 0 Å². The smallest absolute Gasteiger partial charge is 0.294 e. The number of aryl methyl sites for hydroxylation is 1. The van der Waals surface area contributed by atoms with Crippen molar-refractivity contribution in [3.63, 3.8) is 0 Å². The number of hydroxylamine groups is 1. The molecule has 3 rings (SSSR count). The monoisotopic (exact) mass is 658 g/mol. The highest BCUT2D eigenvalue weighted by molar-refractivity contribution is 7.85. The topological polar surface area (TPSA) is 179 Å². The number of carbonyl (C=O) groups is 3. The molecular formula is C34H50N4O7S. The van der Waals surface area contributed by atoms with Crippen LogP contribution in [0.1, 0.15) is 76.8 Å². The molecule has 0 unspecified atom stereocenters. The number of nitrogens with one attached hydrogen (secondary N) is 2. The average molecular weight is 659 g/mol. The van der Waals surface area contributed by atoms with Gasteiger partial charge in [0.2, 0.25) is 11.8 Å². The predicted molar refractivity (Wildman–Crippen MR) is 178 cm³/mol. The Morgan fingerprint density at radius 3 is 2.09 bits per heavy atom. The lowest BCUT2D eigenvalue weighted by atomic mass is 9.82. The third kappa shape index (κ3) is 13.4. The second-order valence-corrected chi connectivity index (χ2v) is 13.8. The molecule has 1 fully saturated rings. The summed E-state index contributed by atoms with van der Waals surface area (Å²) in [4.78, 5) is 38.9. The summed E-state index contributed by atoms with van der Waals surface area (Å²) in [5.41, 5.74) is 12.3. The van der Waals surface area contributed by atoms with Crippen LogP contribution in [-0.2, 0) is 24.5 Å². The molecule has 11 nitrogen and oxygen atoms in total. The van der Waals surface area contributed by atoms with Crippen molar-refractivity contribution in [1.29, 1.82) is 0 Å². The van der Waals surface area contributed by atoms with Crippen LogP contribution in [0, 0.1) is 30.6 Å². The lowest BCUT2D eigenvalue weighted by Gasteiger charge is -2.33. The van der Waals surface area contributed by atoms with E-state index in [1.807, 2.05) is 63.3 Å². The molecule has 0 saturated heterocycles. The molecule has 1 saturated carbocycles. The summed E-state index contributed by atoms with van der Waals surface area (Å²) in [6.07, 6.45) is 9.84. The predicted octanol–water partition coefficient (Wildman–Crippen LogP) is 4.90. The standard InChI is InChI=1S/C27H42N4O4.C7H8O3S/c1-19(2)17-24(23(26(33)30-35)16-10-15-21-11-6-4-7-12-21)25(32)29-31(27(34)20(3)28)18-22-13-8-5-9-14-22;1-6-2-4-7(5-3-6)11(8,9)10/h4,6-7,10-12,15,19-20,22-24,35H,5,8-9,13-14,16-18,28H2,1-3H3,(H,29,32)(H,30,33);2-5H,1H3,(H,8,9,10)/t20-,23+,24-;/m1./s1. The number of hydrogen-bond acceptors (Lipinski definition) is 7. The first-order chi connectivity index (χ1) is 21.7. The summed E-state index contributed by atoms with van der Waals surface area (Å²) in [7, 11) is -4.02. The van der Waals surface area contributed by atoms with Crippen molar-refractivity contribution in [2.75, 3.05) is 6.54 Å². The number of benzene rings is 2. The number of hydrazine groups is 1. The normalized spacial score (nSPS) is 15.7. The number of nitrogens with zero attached hydrogens (tertiary/aromatic N) is 1. The summed E-state index contributed by atoms with van der Waals surface area (Å²) in [6.45, 7) is 7.80. The van der Waals surface area contributed by atoms with Crippen LogP contribution in [0.25, 0.3) is 6.08 Å². The first-order valence-electron chi connectivity index (χ1n) is 15.8. The van der Waals surface area contributed by atoms with Crippen LogP contribution in [0.3, 0.4) is 0 Å². The van der Waals surface area contributed by atoms with Gasteiger partial charge in [-0.05, 0) is 69.1 Å². The van der Waals surface area contributed by atoms with Crippen molar-refractivity contribution >= 4 is 33.9 Å². The van der Waals surface area contributed by atoms with Gasteiger partial charge in [-0.3, -0.25) is 34.6 Å². The van der Waals surface area contributed by atoms with E-state index < -0.39 is 39.8 Å². The molecule has 1 aliphatic carbocycles. The highest BCUT2D eigenvalue weighted by Gasteiger charge is 2.35. The first-order valence-corrected chi connectivity index (χ1v) is 17.2. The lowest BCUT2D eigenvalue weighted by molar-refractivity contribution is -0.148. The van der Waals surface area contributed by atoms with E-state index in [4.69, 9.17) is 10.3 Å². The number of nitrogens with two attached hydrogens (primary N) is 1. The molecule has 0 spiro atoms. The van der Waals surface area contributed by atoms with Crippen molar-refractivity contribution in [3.05, 3.63) is 71.8 Å². The Morgan fingerprint density at radius 1 is 0.957 bits per heavy atom. The summed E-state index contributed by atoms with van der Waals surface area (Å²) < 4.78 is 29.6. The van der Waals surface area contributed by atoms with Gasteiger partial charge in [-0.25, -0.2) is 5.48 Å². The Bertz CT molecular complexity index is 1370. The Balaban J connectivity index is 0.000000562. The summed E-state index contributed by atoms with van der Waals surface area (Å²) in [5, 5.41) is 10.8. The van der Waals surface area contributed by atoms with E-state index in [-0.39, 0.29) is 23.1 Å². The third-order valence-electron chi connectivity index (χ3n) is 7.88. The van der Waals surface area contributed by atoms with Crippen molar-refractivity contribution in [3.8, 4) is 0 Å². The minimum Gasteiger partial charge on any atom is -0.320 e. The molecule has 254 valence electrons. The van der Waals surface area contributed by atoms with Crippen LogP contribution >= 0.6 is 0 Å². The lowest BCUT2D eigenvalue weighted by Crippen LogP contribution is -2.56. The van der Waals surface area contributed by atoms with Crippen LogP contribution in [0.5, 0.6) is 0 Å². The fourth-order valence-electron chi connectivity index (χ4n) is 5.40. The van der Waals surface area contributed by atoms with Crippen LogP contribution < -0.4 is 16.6 Å². The number of rotatable bonds is 12. The third-order valence-corrected chi connectivity index (χ3v) is 8.75. The van der Waals surface area contributed by atoms with E-state index >= 15 is 0 Å². The summed E-state index contributed by atoms with van der Waals surface area (Å²) in [6, 6.07) is 14.9. The average Bonchev–Trinajstić information content (AvgIpc) is 3.02. The fraction of sp³-hybridized carbons (Fsp3) is 0.500. The molecule has 0 heterocycles. The van der Waals surface area contributed by atoms with Gasteiger partial charge >= 0.3 is 0 Å². The van der Waals surface area contributed by atoms with Crippen molar-refractivity contribution in [2.24, 2.45) is 29.4 Å². The quantitative estimate of drug-likeness (QED) is 0.121. The molecule has 0 bridgehead atoms. The van der Waals surface area contributed by atoms with Gasteiger partial charge in [-0.15, -0.1) is 0 Å². The van der Waals surface area contributed by atoms with E-state index in [9.17, 15) is 28.0 Å². The van der Waals surface area contributed by atoms with Crippen LogP contribution in [0.15, 0.2) is 65.6 Å². The van der Waals surface area contributed by atoms with Crippen molar-refractivity contribution < 1.29 is 32.6 Å². The van der Waals surface area contributed by atoms with E-state index in [0.717, 1.165) is 36.8 Å². The Kier molecular flexibility index (Phi) is 16.1. The fourth-order valence-corrected chi connectivity index (χ4v) is 5.88. The zero-order valence-electron chi connectivity index (χ0n) is 27.3. The molecule has 6 N–H and O–H groups in total. The number of hydrogen-bond donors (Lipinski definition) is 5. The molecule has 12 heteroatoms. The van der Waals surface area contributed by atoms with Crippen molar-refractivity contribution in [1.82, 2.24) is 15.9 Å². The molecular weight excluding hydrogens is 608 g/mol. The van der Waals surface area contributed by atoms with Crippen LogP contribution in [-0.4, -0.2) is 53.5 Å². The zero-order chi connectivity index (χ0) is 34.3. The molecule has 0 radical (unpaired) electrons. The molecule has 2 aromatic carbocycles. The number of amides is 3. The Morgan fingerprint density at radius 2 is 1.57 bits per heavy atom. The molecule has 0 aliphatic heterocycles. The van der Waals surface area contributed by atoms with E-state index in [1.165, 1.54) is 23.6 Å². The molecule has 0 aromatic heterocycles. The van der Waals surface area contributed by atoms with Crippen LogP contribution in [0.4, 0.5) is 0 Å². The van der Waals surface area contributed by atoms with Gasteiger partial charge < -0.3 is 5.73 Å². The number of allylic oxidation sites excluding steroid dienone is 1. The molecule has 1 aliphatic rings. The van der Waals surface area contributed by atoms with Gasteiger partial charge in [-0.2, -0.15) is 8.42 Å². The second kappa shape index (κ2) is 19.2. The first kappa shape index (κ1) is 38.6. The van der Waals surface area contributed by atoms with Crippen molar-refractivity contribution in [2.45, 2.75) is 83.6 Å². The maximum absolute atomic E-state index is 13.5. The SMILES string of the molecule is CC(C)C[C@@H](C(=O)NN(CC1CCCCC1)C(=O)[C@@H](C)N)[C@H](CC=Cc1ccccc1)C(=O)NO.Cc1ccc(S(=O)(=O)O)cc1. The van der Waals surface area contributed by atoms with Gasteiger partial charge in [0, 0.05) is 6.54 Å². The highest BCUT2D eigenvalue weighted by atomic mass is 32.2. The molecule has 3 atom stereocenters. The van der Waals surface area contributed by atoms with Gasteiger partial charge in [0.25, 0.3) is 16.0 Å². The Labute approximate surface area is 273 Å². The summed E-state index contributed by atoms with van der Waals surface area (Å²) in [5.74, 6) is -2.50. The van der Waals surface area contributed by atoms with Gasteiger partial charge in [-0.1, -0.05) is 93.3 Å².